The van der Waals surface area contributed by atoms with Crippen LogP contribution >= 0.6 is 0 Å². The van der Waals surface area contributed by atoms with Crippen LogP contribution in [0.25, 0.3) is 0 Å². The number of nitrogens with one attached hydrogen (secondary N) is 1. The number of hydrogen-bond acceptors (Lipinski definition) is 4. The minimum atomic E-state index is -0.930. The summed E-state index contributed by atoms with van der Waals surface area (Å²) in [6.07, 6.45) is 0. The fourth-order valence-electron chi connectivity index (χ4n) is 1.98. The number of aliphatic carboxylic acids is 1. The summed E-state index contributed by atoms with van der Waals surface area (Å²) in [5, 5.41) is 11.6. The third-order valence-corrected chi connectivity index (χ3v) is 3.29. The van der Waals surface area contributed by atoms with Gasteiger partial charge in [0.2, 0.25) is 0 Å². The summed E-state index contributed by atoms with van der Waals surface area (Å²) in [5.74, 6) is -0.291. The molecule has 0 radical (unpaired) electrons. The van der Waals surface area contributed by atoms with Crippen molar-refractivity contribution < 1.29 is 24.2 Å². The molecular weight excluding hydrogens is 300 g/mol. The molecule has 0 spiro atoms. The summed E-state index contributed by atoms with van der Waals surface area (Å²) in [5.41, 5.74) is 0.860. The van der Waals surface area contributed by atoms with E-state index in [0.717, 1.165) is 5.56 Å². The normalized spacial score (nSPS) is 11.5. The van der Waals surface area contributed by atoms with Crippen LogP contribution in [0.2, 0.25) is 0 Å². The second kappa shape index (κ2) is 8.87. The highest BCUT2D eigenvalue weighted by molar-refractivity contribution is 5.75. The zero-order chi connectivity index (χ0) is 17.4. The minimum absolute atomic E-state index is 0.147. The van der Waals surface area contributed by atoms with E-state index in [1.807, 2.05) is 13.0 Å². The summed E-state index contributed by atoms with van der Waals surface area (Å²) >= 11 is 0. The van der Waals surface area contributed by atoms with Crippen LogP contribution in [0.15, 0.2) is 18.2 Å². The van der Waals surface area contributed by atoms with Crippen LogP contribution in [-0.2, 0) is 11.3 Å². The van der Waals surface area contributed by atoms with Crippen molar-refractivity contribution in [2.75, 3.05) is 27.3 Å². The molecule has 2 N–H and O–H groups in total. The monoisotopic (exact) mass is 324 g/mol. The van der Waals surface area contributed by atoms with Gasteiger partial charge in [-0.2, -0.15) is 0 Å². The van der Waals surface area contributed by atoms with E-state index in [4.69, 9.17) is 14.6 Å². The predicted molar refractivity (Wildman–Crippen MR) is 85.8 cm³/mol. The van der Waals surface area contributed by atoms with Crippen LogP contribution in [0, 0.1) is 5.92 Å². The molecule has 0 bridgehead atoms. The van der Waals surface area contributed by atoms with Crippen molar-refractivity contribution in [3.05, 3.63) is 23.8 Å². The first-order chi connectivity index (χ1) is 10.9. The SMILES string of the molecule is CCOc1ccc(CNC(=O)N(C)CC(C)C(=O)O)cc1OC. The Morgan fingerprint density at radius 3 is 2.61 bits per heavy atom. The van der Waals surface area contributed by atoms with E-state index >= 15 is 0 Å². The van der Waals surface area contributed by atoms with Gasteiger partial charge in [0, 0.05) is 20.1 Å². The highest BCUT2D eigenvalue weighted by Gasteiger charge is 2.17. The van der Waals surface area contributed by atoms with Crippen LogP contribution < -0.4 is 14.8 Å². The highest BCUT2D eigenvalue weighted by atomic mass is 16.5. The van der Waals surface area contributed by atoms with Gasteiger partial charge < -0.3 is 24.8 Å². The number of nitrogens with zero attached hydrogens (tertiary/aromatic N) is 1. The second-order valence-electron chi connectivity index (χ2n) is 5.20. The molecule has 1 rings (SSSR count). The average molecular weight is 324 g/mol. The fraction of sp³-hybridized carbons (Fsp3) is 0.500. The summed E-state index contributed by atoms with van der Waals surface area (Å²) in [6.45, 7) is 4.45. The van der Waals surface area contributed by atoms with E-state index in [9.17, 15) is 9.59 Å². The Labute approximate surface area is 136 Å². The van der Waals surface area contributed by atoms with Crippen molar-refractivity contribution in [2.45, 2.75) is 20.4 Å². The van der Waals surface area contributed by atoms with Crippen molar-refractivity contribution in [1.82, 2.24) is 10.2 Å². The topological polar surface area (TPSA) is 88.1 Å². The molecule has 23 heavy (non-hydrogen) atoms. The lowest BCUT2D eigenvalue weighted by atomic mass is 10.2. The van der Waals surface area contributed by atoms with Crippen molar-refractivity contribution in [3.63, 3.8) is 0 Å². The molecule has 0 heterocycles. The van der Waals surface area contributed by atoms with Crippen LogP contribution in [0.3, 0.4) is 0 Å². The molecule has 0 aliphatic carbocycles. The van der Waals surface area contributed by atoms with Gasteiger partial charge in [-0.1, -0.05) is 13.0 Å². The molecule has 0 saturated heterocycles. The first kappa shape index (κ1) is 18.6. The maximum atomic E-state index is 12.0. The molecule has 7 nitrogen and oxygen atoms in total. The summed E-state index contributed by atoms with van der Waals surface area (Å²) < 4.78 is 10.7. The first-order valence-electron chi connectivity index (χ1n) is 7.40. The highest BCUT2D eigenvalue weighted by Crippen LogP contribution is 2.27. The van der Waals surface area contributed by atoms with E-state index in [1.165, 1.54) is 4.90 Å². The number of carbonyl (C=O) groups is 2. The molecule has 2 amide bonds. The van der Waals surface area contributed by atoms with E-state index in [2.05, 4.69) is 5.32 Å². The minimum Gasteiger partial charge on any atom is -0.493 e. The summed E-state index contributed by atoms with van der Waals surface area (Å²) in [6, 6.07) is 5.10. The van der Waals surface area contributed by atoms with Gasteiger partial charge in [0.1, 0.15) is 0 Å². The number of amides is 2. The van der Waals surface area contributed by atoms with Gasteiger partial charge in [0.05, 0.1) is 19.6 Å². The lowest BCUT2D eigenvalue weighted by Gasteiger charge is -2.20. The number of benzene rings is 1. The van der Waals surface area contributed by atoms with E-state index in [1.54, 1.807) is 33.2 Å². The van der Waals surface area contributed by atoms with Gasteiger partial charge in [-0.15, -0.1) is 0 Å². The third kappa shape index (κ3) is 5.69. The number of carboxylic acid groups (broad SMARTS) is 1. The average Bonchev–Trinajstić information content (AvgIpc) is 2.53. The fourth-order valence-corrected chi connectivity index (χ4v) is 1.98. The lowest BCUT2D eigenvalue weighted by molar-refractivity contribution is -0.141. The quantitative estimate of drug-likeness (QED) is 0.763. The van der Waals surface area contributed by atoms with Crippen LogP contribution in [0.1, 0.15) is 19.4 Å². The molecule has 1 aromatic rings. The molecule has 1 unspecified atom stereocenters. The van der Waals surface area contributed by atoms with Gasteiger partial charge in [-0.3, -0.25) is 4.79 Å². The van der Waals surface area contributed by atoms with Gasteiger partial charge >= 0.3 is 12.0 Å². The number of carbonyl (C=O) groups excluding carboxylic acids is 1. The summed E-state index contributed by atoms with van der Waals surface area (Å²) in [7, 11) is 3.12. The van der Waals surface area contributed by atoms with Crippen LogP contribution in [-0.4, -0.2) is 49.3 Å². The molecule has 0 fully saturated rings. The number of urea groups is 1. The van der Waals surface area contributed by atoms with Gasteiger partial charge in [-0.25, -0.2) is 4.79 Å². The Hall–Kier alpha value is -2.44. The Balaban J connectivity index is 2.60. The summed E-state index contributed by atoms with van der Waals surface area (Å²) in [4.78, 5) is 24.1. The molecule has 0 aromatic heterocycles. The maximum Gasteiger partial charge on any atom is 0.317 e. The first-order valence-corrected chi connectivity index (χ1v) is 7.40. The zero-order valence-electron chi connectivity index (χ0n) is 14.0. The molecule has 0 aliphatic heterocycles. The molecular formula is C16H24N2O5. The number of carboxylic acids is 1. The van der Waals surface area contributed by atoms with Crippen molar-refractivity contribution >= 4 is 12.0 Å². The number of ether oxygens (including phenoxy) is 2. The van der Waals surface area contributed by atoms with Gasteiger partial charge in [0.25, 0.3) is 0 Å². The van der Waals surface area contributed by atoms with Crippen molar-refractivity contribution in [2.24, 2.45) is 5.92 Å². The number of rotatable bonds is 8. The third-order valence-electron chi connectivity index (χ3n) is 3.29. The molecule has 0 aliphatic rings. The molecule has 128 valence electrons. The van der Waals surface area contributed by atoms with Gasteiger partial charge in [-0.05, 0) is 24.6 Å². The van der Waals surface area contributed by atoms with Crippen molar-refractivity contribution in [3.8, 4) is 11.5 Å². The number of hydrogen-bond donors (Lipinski definition) is 2. The lowest BCUT2D eigenvalue weighted by Crippen LogP contribution is -2.40. The van der Waals surface area contributed by atoms with Crippen LogP contribution in [0.4, 0.5) is 4.79 Å². The Kier molecular flexibility index (Phi) is 7.18. The van der Waals surface area contributed by atoms with Crippen molar-refractivity contribution in [1.29, 1.82) is 0 Å². The van der Waals surface area contributed by atoms with Gasteiger partial charge in [0.15, 0.2) is 11.5 Å². The molecule has 1 atom stereocenters. The zero-order valence-corrected chi connectivity index (χ0v) is 14.0. The van der Waals surface area contributed by atoms with E-state index in [0.29, 0.717) is 24.7 Å². The van der Waals surface area contributed by atoms with Crippen LogP contribution in [0.5, 0.6) is 11.5 Å². The second-order valence-corrected chi connectivity index (χ2v) is 5.20. The van der Waals surface area contributed by atoms with E-state index < -0.39 is 11.9 Å². The Morgan fingerprint density at radius 2 is 2.04 bits per heavy atom. The molecule has 1 aromatic carbocycles. The smallest absolute Gasteiger partial charge is 0.317 e. The largest absolute Gasteiger partial charge is 0.493 e. The Morgan fingerprint density at radius 1 is 1.35 bits per heavy atom. The van der Waals surface area contributed by atoms with E-state index in [-0.39, 0.29) is 12.6 Å². The standard InChI is InChI=1S/C16H24N2O5/c1-5-23-13-7-6-12(8-14(13)22-4)9-17-16(21)18(3)10-11(2)15(19)20/h6-8,11H,5,9-10H2,1-4H3,(H,17,21)(H,19,20). The molecule has 0 saturated carbocycles. The number of methoxy groups -OCH3 is 1. The Bertz CT molecular complexity index is 547. The predicted octanol–water partition coefficient (Wildman–Crippen LogP) is 1.96. The maximum absolute atomic E-state index is 12.0. The molecule has 7 heteroatoms.